The summed E-state index contributed by atoms with van der Waals surface area (Å²) in [5.41, 5.74) is 2.34. The minimum Gasteiger partial charge on any atom is -0.383 e. The van der Waals surface area contributed by atoms with Crippen LogP contribution in [0.4, 0.5) is 5.69 Å². The van der Waals surface area contributed by atoms with Crippen LogP contribution in [0.3, 0.4) is 0 Å². The molecule has 2 heteroatoms. The lowest BCUT2D eigenvalue weighted by molar-refractivity contribution is 0.888. The summed E-state index contributed by atoms with van der Waals surface area (Å²) < 4.78 is 0. The molecule has 0 saturated heterocycles. The van der Waals surface area contributed by atoms with Crippen molar-refractivity contribution in [1.82, 2.24) is 0 Å². The summed E-state index contributed by atoms with van der Waals surface area (Å²) in [5, 5.41) is 4.25. The largest absolute Gasteiger partial charge is 0.383 e. The Bertz CT molecular complexity index is 285. The standard InChI is InChI=1S/C11H14ClN/c1-8-3-2-4-10(12)11(8)13-7-9-5-6-9/h2-4,9,13H,5-7H2,1H3. The highest BCUT2D eigenvalue weighted by Gasteiger charge is 2.21. The fourth-order valence-electron chi connectivity index (χ4n) is 1.42. The number of anilines is 1. The molecule has 0 atom stereocenters. The van der Waals surface area contributed by atoms with E-state index in [1.54, 1.807) is 0 Å². The van der Waals surface area contributed by atoms with Crippen LogP contribution in [-0.4, -0.2) is 6.54 Å². The third kappa shape index (κ3) is 2.16. The van der Waals surface area contributed by atoms with E-state index in [-0.39, 0.29) is 0 Å². The molecule has 1 aromatic rings. The summed E-state index contributed by atoms with van der Waals surface area (Å²) in [6, 6.07) is 6.00. The summed E-state index contributed by atoms with van der Waals surface area (Å²) in [5.74, 6) is 0.885. The van der Waals surface area contributed by atoms with E-state index in [1.807, 2.05) is 12.1 Å². The van der Waals surface area contributed by atoms with Crippen LogP contribution >= 0.6 is 11.6 Å². The van der Waals surface area contributed by atoms with E-state index in [9.17, 15) is 0 Å². The number of hydrogen-bond donors (Lipinski definition) is 1. The number of para-hydroxylation sites is 1. The van der Waals surface area contributed by atoms with Crippen LogP contribution in [0.15, 0.2) is 18.2 Å². The predicted molar refractivity (Wildman–Crippen MR) is 57.4 cm³/mol. The molecule has 0 spiro atoms. The van der Waals surface area contributed by atoms with Crippen LogP contribution in [-0.2, 0) is 0 Å². The fourth-order valence-corrected chi connectivity index (χ4v) is 1.71. The van der Waals surface area contributed by atoms with Gasteiger partial charge in [0.15, 0.2) is 0 Å². The Kier molecular flexibility index (Phi) is 2.45. The van der Waals surface area contributed by atoms with Gasteiger partial charge < -0.3 is 5.32 Å². The second-order valence-corrected chi connectivity index (χ2v) is 4.16. The Labute approximate surface area is 84.1 Å². The van der Waals surface area contributed by atoms with Gasteiger partial charge in [-0.3, -0.25) is 0 Å². The topological polar surface area (TPSA) is 12.0 Å². The van der Waals surface area contributed by atoms with Crippen molar-refractivity contribution in [3.8, 4) is 0 Å². The van der Waals surface area contributed by atoms with Crippen molar-refractivity contribution in [2.24, 2.45) is 5.92 Å². The van der Waals surface area contributed by atoms with E-state index in [1.165, 1.54) is 18.4 Å². The summed E-state index contributed by atoms with van der Waals surface area (Å²) >= 11 is 6.07. The first-order valence-electron chi connectivity index (χ1n) is 4.76. The zero-order chi connectivity index (χ0) is 9.26. The Morgan fingerprint density at radius 1 is 1.46 bits per heavy atom. The number of aryl methyl sites for hydroxylation is 1. The van der Waals surface area contributed by atoms with Gasteiger partial charge in [0.1, 0.15) is 0 Å². The Balaban J connectivity index is 2.07. The number of nitrogens with one attached hydrogen (secondary N) is 1. The Morgan fingerprint density at radius 3 is 2.85 bits per heavy atom. The maximum absolute atomic E-state index is 6.07. The fraction of sp³-hybridized carbons (Fsp3) is 0.455. The molecule has 70 valence electrons. The summed E-state index contributed by atoms with van der Waals surface area (Å²) in [6.45, 7) is 3.16. The second-order valence-electron chi connectivity index (χ2n) is 3.76. The predicted octanol–water partition coefficient (Wildman–Crippen LogP) is 3.47. The first-order chi connectivity index (χ1) is 6.27. The molecule has 1 aliphatic carbocycles. The Hall–Kier alpha value is -0.690. The number of rotatable bonds is 3. The number of halogens is 1. The third-order valence-corrected chi connectivity index (χ3v) is 2.80. The molecule has 0 aliphatic heterocycles. The lowest BCUT2D eigenvalue weighted by Gasteiger charge is -2.10. The lowest BCUT2D eigenvalue weighted by atomic mass is 10.2. The van der Waals surface area contributed by atoms with Gasteiger partial charge in [-0.2, -0.15) is 0 Å². The van der Waals surface area contributed by atoms with Crippen molar-refractivity contribution >= 4 is 17.3 Å². The zero-order valence-corrected chi connectivity index (χ0v) is 8.56. The van der Waals surface area contributed by atoms with E-state index in [2.05, 4.69) is 18.3 Å². The second kappa shape index (κ2) is 3.59. The van der Waals surface area contributed by atoms with E-state index >= 15 is 0 Å². The van der Waals surface area contributed by atoms with Gasteiger partial charge in [0, 0.05) is 6.54 Å². The van der Waals surface area contributed by atoms with E-state index in [0.717, 1.165) is 23.2 Å². The molecular formula is C11H14ClN. The van der Waals surface area contributed by atoms with Gasteiger partial charge in [-0.1, -0.05) is 23.7 Å². The van der Waals surface area contributed by atoms with Crippen molar-refractivity contribution in [3.63, 3.8) is 0 Å². The van der Waals surface area contributed by atoms with Gasteiger partial charge in [-0.05, 0) is 37.3 Å². The molecule has 0 amide bonds. The SMILES string of the molecule is Cc1cccc(Cl)c1NCC1CC1. The molecule has 1 N–H and O–H groups in total. The summed E-state index contributed by atoms with van der Waals surface area (Å²) in [7, 11) is 0. The third-order valence-electron chi connectivity index (χ3n) is 2.49. The van der Waals surface area contributed by atoms with Gasteiger partial charge in [0.05, 0.1) is 10.7 Å². The first kappa shape index (κ1) is 8.89. The van der Waals surface area contributed by atoms with Gasteiger partial charge in [0.25, 0.3) is 0 Å². The number of hydrogen-bond acceptors (Lipinski definition) is 1. The quantitative estimate of drug-likeness (QED) is 0.779. The molecule has 0 radical (unpaired) electrons. The smallest absolute Gasteiger partial charge is 0.0640 e. The molecule has 0 heterocycles. The minimum atomic E-state index is 0.834. The zero-order valence-electron chi connectivity index (χ0n) is 7.81. The average Bonchev–Trinajstić information content (AvgIpc) is 2.87. The van der Waals surface area contributed by atoms with Crippen molar-refractivity contribution in [1.29, 1.82) is 0 Å². The highest BCUT2D eigenvalue weighted by atomic mass is 35.5. The minimum absolute atomic E-state index is 0.834. The first-order valence-corrected chi connectivity index (χ1v) is 5.14. The van der Waals surface area contributed by atoms with Crippen molar-refractivity contribution in [2.75, 3.05) is 11.9 Å². The monoisotopic (exact) mass is 195 g/mol. The molecule has 2 rings (SSSR count). The molecular weight excluding hydrogens is 182 g/mol. The van der Waals surface area contributed by atoms with Crippen LogP contribution in [0.5, 0.6) is 0 Å². The average molecular weight is 196 g/mol. The van der Waals surface area contributed by atoms with Crippen LogP contribution < -0.4 is 5.32 Å². The normalized spacial score (nSPS) is 15.8. The molecule has 1 nitrogen and oxygen atoms in total. The highest BCUT2D eigenvalue weighted by Crippen LogP contribution is 2.31. The maximum Gasteiger partial charge on any atom is 0.0640 e. The van der Waals surface area contributed by atoms with E-state index < -0.39 is 0 Å². The Morgan fingerprint density at radius 2 is 2.23 bits per heavy atom. The van der Waals surface area contributed by atoms with Crippen LogP contribution in [0, 0.1) is 12.8 Å². The summed E-state index contributed by atoms with van der Waals surface area (Å²) in [6.07, 6.45) is 2.74. The summed E-state index contributed by atoms with van der Waals surface area (Å²) in [4.78, 5) is 0. The van der Waals surface area contributed by atoms with Gasteiger partial charge in [-0.15, -0.1) is 0 Å². The molecule has 1 aromatic carbocycles. The maximum atomic E-state index is 6.07. The van der Waals surface area contributed by atoms with Crippen molar-refractivity contribution in [3.05, 3.63) is 28.8 Å². The van der Waals surface area contributed by atoms with Gasteiger partial charge >= 0.3 is 0 Å². The van der Waals surface area contributed by atoms with E-state index in [0.29, 0.717) is 0 Å². The molecule has 0 unspecified atom stereocenters. The molecule has 0 bridgehead atoms. The van der Waals surface area contributed by atoms with Crippen molar-refractivity contribution in [2.45, 2.75) is 19.8 Å². The van der Waals surface area contributed by atoms with Crippen LogP contribution in [0.25, 0.3) is 0 Å². The molecule has 1 saturated carbocycles. The number of benzene rings is 1. The molecule has 1 aliphatic rings. The molecule has 13 heavy (non-hydrogen) atoms. The molecule has 1 fully saturated rings. The van der Waals surface area contributed by atoms with Gasteiger partial charge in [-0.25, -0.2) is 0 Å². The van der Waals surface area contributed by atoms with Gasteiger partial charge in [0.2, 0.25) is 0 Å². The molecule has 0 aromatic heterocycles. The van der Waals surface area contributed by atoms with Crippen LogP contribution in [0.2, 0.25) is 5.02 Å². The van der Waals surface area contributed by atoms with Crippen molar-refractivity contribution < 1.29 is 0 Å². The van der Waals surface area contributed by atoms with Crippen LogP contribution in [0.1, 0.15) is 18.4 Å². The highest BCUT2D eigenvalue weighted by molar-refractivity contribution is 6.33. The van der Waals surface area contributed by atoms with E-state index in [4.69, 9.17) is 11.6 Å². The lowest BCUT2D eigenvalue weighted by Crippen LogP contribution is -2.04.